The third-order valence-corrected chi connectivity index (χ3v) is 2.37. The average molecular weight is 328 g/mol. The summed E-state index contributed by atoms with van der Waals surface area (Å²) in [5, 5.41) is 1.34. The maximum atomic E-state index is 5.58. The third kappa shape index (κ3) is 7.51. The molecule has 0 bridgehead atoms. The molecule has 0 saturated heterocycles. The van der Waals surface area contributed by atoms with Crippen molar-refractivity contribution in [2.45, 2.75) is 0 Å². The van der Waals surface area contributed by atoms with E-state index < -0.39 is 0 Å². The first-order chi connectivity index (χ1) is 7.59. The van der Waals surface area contributed by atoms with E-state index in [4.69, 9.17) is 34.7 Å². The van der Waals surface area contributed by atoms with Crippen molar-refractivity contribution < 1.29 is 0 Å². The van der Waals surface area contributed by atoms with E-state index in [1.807, 2.05) is 12.1 Å². The molecule has 0 amide bonds. The molecular weight excluding hydrogens is 314 g/mol. The number of rotatable bonds is 0. The number of nitrogen functional groups attached to an aromatic ring is 2. The molecule has 0 spiro atoms. The Hall–Kier alpha value is -0.800. The summed E-state index contributed by atoms with van der Waals surface area (Å²) in [4.78, 5) is 0. The Morgan fingerprint density at radius 2 is 1.22 bits per heavy atom. The monoisotopic (exact) mass is 326 g/mol. The van der Waals surface area contributed by atoms with Crippen LogP contribution in [0.25, 0.3) is 0 Å². The quantitative estimate of drug-likeness (QED) is 0.690. The van der Waals surface area contributed by atoms with E-state index in [9.17, 15) is 0 Å². The van der Waals surface area contributed by atoms with Gasteiger partial charge in [0, 0.05) is 10.7 Å². The van der Waals surface area contributed by atoms with Crippen molar-refractivity contribution in [2.24, 2.45) is 0 Å². The SMILES string of the molecule is Cl.Cl.Nc1ccc(Cl)cc1.Nc1ccccc1Cl. The van der Waals surface area contributed by atoms with Gasteiger partial charge in [-0.25, -0.2) is 0 Å². The first kappa shape index (κ1) is 19.5. The highest BCUT2D eigenvalue weighted by molar-refractivity contribution is 6.33. The summed E-state index contributed by atoms with van der Waals surface area (Å²) >= 11 is 11.1. The molecule has 2 rings (SSSR count). The molecule has 2 aromatic rings. The number of halogens is 4. The largest absolute Gasteiger partial charge is 0.399 e. The summed E-state index contributed by atoms with van der Waals surface area (Å²) in [6.07, 6.45) is 0. The average Bonchev–Trinajstić information content (AvgIpc) is 2.28. The lowest BCUT2D eigenvalue weighted by Gasteiger charge is -1.91. The zero-order chi connectivity index (χ0) is 12.0. The summed E-state index contributed by atoms with van der Waals surface area (Å²) in [6.45, 7) is 0. The minimum absolute atomic E-state index is 0. The van der Waals surface area contributed by atoms with Gasteiger partial charge in [-0.1, -0.05) is 35.3 Å². The van der Waals surface area contributed by atoms with Crippen LogP contribution in [0.3, 0.4) is 0 Å². The van der Waals surface area contributed by atoms with E-state index in [1.165, 1.54) is 0 Å². The van der Waals surface area contributed by atoms with Gasteiger partial charge in [0.2, 0.25) is 0 Å². The molecule has 0 fully saturated rings. The topological polar surface area (TPSA) is 52.0 Å². The fourth-order valence-electron chi connectivity index (χ4n) is 0.938. The molecule has 6 heteroatoms. The number of hydrogen-bond acceptors (Lipinski definition) is 2. The fourth-order valence-corrected chi connectivity index (χ4v) is 1.20. The molecular formula is C12H14Cl4N2. The predicted molar refractivity (Wildman–Crippen MR) is 86.2 cm³/mol. The van der Waals surface area contributed by atoms with Crippen molar-refractivity contribution in [3.63, 3.8) is 0 Å². The van der Waals surface area contributed by atoms with Crippen LogP contribution in [0.2, 0.25) is 10.0 Å². The molecule has 100 valence electrons. The van der Waals surface area contributed by atoms with Crippen LogP contribution < -0.4 is 11.5 Å². The molecule has 4 N–H and O–H groups in total. The number of hydrogen-bond donors (Lipinski definition) is 2. The summed E-state index contributed by atoms with van der Waals surface area (Å²) < 4.78 is 0. The van der Waals surface area contributed by atoms with Crippen molar-refractivity contribution in [1.29, 1.82) is 0 Å². The summed E-state index contributed by atoms with van der Waals surface area (Å²) in [5.74, 6) is 0. The maximum Gasteiger partial charge on any atom is 0.0635 e. The highest BCUT2D eigenvalue weighted by Gasteiger charge is 1.87. The molecule has 18 heavy (non-hydrogen) atoms. The van der Waals surface area contributed by atoms with Crippen molar-refractivity contribution >= 4 is 59.4 Å². The van der Waals surface area contributed by atoms with Crippen LogP contribution in [0.5, 0.6) is 0 Å². The zero-order valence-corrected chi connectivity index (χ0v) is 12.5. The summed E-state index contributed by atoms with van der Waals surface area (Å²) in [5.41, 5.74) is 12.1. The third-order valence-electron chi connectivity index (χ3n) is 1.78. The van der Waals surface area contributed by atoms with Gasteiger partial charge in [-0.15, -0.1) is 24.8 Å². The fraction of sp³-hybridized carbons (Fsp3) is 0. The Kier molecular flexibility index (Phi) is 11.0. The van der Waals surface area contributed by atoms with Crippen LogP contribution in [0.4, 0.5) is 11.4 Å². The van der Waals surface area contributed by atoms with E-state index >= 15 is 0 Å². The van der Waals surface area contributed by atoms with Gasteiger partial charge >= 0.3 is 0 Å². The first-order valence-electron chi connectivity index (χ1n) is 4.60. The molecule has 0 saturated carbocycles. The predicted octanol–water partition coefficient (Wildman–Crippen LogP) is 4.69. The van der Waals surface area contributed by atoms with Gasteiger partial charge in [0.1, 0.15) is 0 Å². The lowest BCUT2D eigenvalue weighted by molar-refractivity contribution is 1.68. The molecule has 0 aliphatic heterocycles. The normalized spacial score (nSPS) is 8.11. The molecule has 0 aliphatic rings. The number of anilines is 2. The van der Waals surface area contributed by atoms with Gasteiger partial charge in [0.05, 0.1) is 10.7 Å². The minimum Gasteiger partial charge on any atom is -0.399 e. The molecule has 0 heterocycles. The second-order valence-electron chi connectivity index (χ2n) is 3.07. The molecule has 0 aromatic heterocycles. The van der Waals surface area contributed by atoms with E-state index in [1.54, 1.807) is 36.4 Å². The van der Waals surface area contributed by atoms with Crippen LogP contribution in [-0.4, -0.2) is 0 Å². The molecule has 2 nitrogen and oxygen atoms in total. The number of nitrogens with two attached hydrogens (primary N) is 2. The molecule has 0 unspecified atom stereocenters. The van der Waals surface area contributed by atoms with E-state index in [0.29, 0.717) is 10.7 Å². The van der Waals surface area contributed by atoms with E-state index in [2.05, 4.69) is 0 Å². The first-order valence-corrected chi connectivity index (χ1v) is 5.36. The smallest absolute Gasteiger partial charge is 0.0635 e. The number of benzene rings is 2. The van der Waals surface area contributed by atoms with Crippen LogP contribution in [0.1, 0.15) is 0 Å². The lowest BCUT2D eigenvalue weighted by atomic mass is 10.3. The van der Waals surface area contributed by atoms with Crippen LogP contribution in [0, 0.1) is 0 Å². The van der Waals surface area contributed by atoms with Crippen molar-refractivity contribution in [2.75, 3.05) is 11.5 Å². The van der Waals surface area contributed by atoms with Gasteiger partial charge in [0.25, 0.3) is 0 Å². The van der Waals surface area contributed by atoms with Crippen LogP contribution >= 0.6 is 48.0 Å². The highest BCUT2D eigenvalue weighted by atomic mass is 35.5. The van der Waals surface area contributed by atoms with E-state index in [-0.39, 0.29) is 24.8 Å². The Balaban J connectivity index is 0. The Morgan fingerprint density at radius 1 is 0.722 bits per heavy atom. The Bertz CT molecular complexity index is 404. The van der Waals surface area contributed by atoms with Crippen LogP contribution in [-0.2, 0) is 0 Å². The molecule has 0 aliphatic carbocycles. The standard InChI is InChI=1S/2C6H6ClN.2ClH/c7-5-1-3-6(8)4-2-5;7-5-3-1-2-4-6(5)8;;/h2*1-4H,8H2;2*1H. The molecule has 0 radical (unpaired) electrons. The van der Waals surface area contributed by atoms with Gasteiger partial charge in [-0.05, 0) is 36.4 Å². The summed E-state index contributed by atoms with van der Waals surface area (Å²) in [6, 6.07) is 14.3. The van der Waals surface area contributed by atoms with Gasteiger partial charge in [-0.2, -0.15) is 0 Å². The van der Waals surface area contributed by atoms with Gasteiger partial charge in [-0.3, -0.25) is 0 Å². The van der Waals surface area contributed by atoms with Crippen molar-refractivity contribution in [1.82, 2.24) is 0 Å². The summed E-state index contributed by atoms with van der Waals surface area (Å²) in [7, 11) is 0. The zero-order valence-electron chi connectivity index (χ0n) is 9.35. The second-order valence-corrected chi connectivity index (χ2v) is 3.92. The van der Waals surface area contributed by atoms with E-state index in [0.717, 1.165) is 10.7 Å². The number of para-hydroxylation sites is 1. The molecule has 2 aromatic carbocycles. The van der Waals surface area contributed by atoms with Gasteiger partial charge < -0.3 is 11.5 Å². The van der Waals surface area contributed by atoms with Crippen molar-refractivity contribution in [3.8, 4) is 0 Å². The molecule has 0 atom stereocenters. The Morgan fingerprint density at radius 3 is 1.56 bits per heavy atom. The van der Waals surface area contributed by atoms with Crippen LogP contribution in [0.15, 0.2) is 48.5 Å². The highest BCUT2D eigenvalue weighted by Crippen LogP contribution is 2.15. The second kappa shape index (κ2) is 10.2. The minimum atomic E-state index is 0. The van der Waals surface area contributed by atoms with Crippen molar-refractivity contribution in [3.05, 3.63) is 58.6 Å². The maximum absolute atomic E-state index is 5.58. The lowest BCUT2D eigenvalue weighted by Crippen LogP contribution is -1.82. The van der Waals surface area contributed by atoms with Gasteiger partial charge in [0.15, 0.2) is 0 Å². The Labute approximate surface area is 129 Å².